The van der Waals surface area contributed by atoms with Gasteiger partial charge in [-0.25, -0.2) is 4.98 Å². The van der Waals surface area contributed by atoms with Gasteiger partial charge in [0.2, 0.25) is 5.91 Å². The Morgan fingerprint density at radius 3 is 2.38 bits per heavy atom. The van der Waals surface area contributed by atoms with Gasteiger partial charge in [0.05, 0.1) is 12.2 Å². The minimum Gasteiger partial charge on any atom is -0.337 e. The largest absolute Gasteiger partial charge is 0.337 e. The van der Waals surface area contributed by atoms with Gasteiger partial charge in [0.1, 0.15) is 0 Å². The summed E-state index contributed by atoms with van der Waals surface area (Å²) in [6.07, 6.45) is 0. The monoisotopic (exact) mass is 301 g/mol. The van der Waals surface area contributed by atoms with Crippen LogP contribution in [0.1, 0.15) is 16.8 Å². The smallest absolute Gasteiger partial charge is 0.246 e. The summed E-state index contributed by atoms with van der Waals surface area (Å²) in [5, 5.41) is 2.97. The van der Waals surface area contributed by atoms with Crippen LogP contribution in [0.25, 0.3) is 0 Å². The zero-order chi connectivity index (χ0) is 15.0. The number of rotatable bonds is 2. The molecule has 21 heavy (non-hydrogen) atoms. The van der Waals surface area contributed by atoms with Crippen LogP contribution < -0.4 is 9.80 Å². The number of carbonyl (C=O) groups is 1. The Morgan fingerprint density at radius 2 is 1.81 bits per heavy atom. The van der Waals surface area contributed by atoms with Gasteiger partial charge < -0.3 is 9.80 Å². The maximum absolute atomic E-state index is 12.5. The van der Waals surface area contributed by atoms with E-state index in [1.165, 1.54) is 11.1 Å². The van der Waals surface area contributed by atoms with E-state index in [1.807, 2.05) is 17.2 Å². The van der Waals surface area contributed by atoms with Gasteiger partial charge in [-0.15, -0.1) is 11.3 Å². The second kappa shape index (κ2) is 5.48. The number of carbonyl (C=O) groups excluding carboxylic acids is 1. The lowest BCUT2D eigenvalue weighted by Gasteiger charge is -2.34. The fourth-order valence-electron chi connectivity index (χ4n) is 2.70. The van der Waals surface area contributed by atoms with Gasteiger partial charge in [-0.05, 0) is 44.0 Å². The van der Waals surface area contributed by atoms with Crippen molar-refractivity contribution in [1.82, 2.24) is 4.98 Å². The highest BCUT2D eigenvalue weighted by atomic mass is 32.1. The summed E-state index contributed by atoms with van der Waals surface area (Å²) in [7, 11) is 0. The van der Waals surface area contributed by atoms with E-state index in [0.29, 0.717) is 13.1 Å². The van der Waals surface area contributed by atoms with Crippen molar-refractivity contribution < 1.29 is 4.79 Å². The van der Waals surface area contributed by atoms with E-state index in [2.05, 4.69) is 41.9 Å². The van der Waals surface area contributed by atoms with E-state index in [9.17, 15) is 4.79 Å². The molecule has 110 valence electrons. The van der Waals surface area contributed by atoms with Crippen LogP contribution in [0.15, 0.2) is 23.6 Å². The van der Waals surface area contributed by atoms with E-state index < -0.39 is 0 Å². The number of hydrogen-bond acceptors (Lipinski definition) is 4. The van der Waals surface area contributed by atoms with Crippen LogP contribution in [-0.2, 0) is 4.79 Å². The van der Waals surface area contributed by atoms with Gasteiger partial charge in [-0.1, -0.05) is 6.07 Å². The van der Waals surface area contributed by atoms with Crippen LogP contribution in [0.4, 0.5) is 10.8 Å². The highest BCUT2D eigenvalue weighted by Crippen LogP contribution is 2.25. The first-order valence-electron chi connectivity index (χ1n) is 7.08. The molecule has 2 heterocycles. The Morgan fingerprint density at radius 1 is 1.10 bits per heavy atom. The van der Waals surface area contributed by atoms with E-state index >= 15 is 0 Å². The Balaban J connectivity index is 1.78. The third-order valence-corrected chi connectivity index (χ3v) is 4.64. The number of thiazole rings is 1. The molecule has 0 spiro atoms. The van der Waals surface area contributed by atoms with Gasteiger partial charge in [0.25, 0.3) is 0 Å². The lowest BCUT2D eigenvalue weighted by atomic mass is 10.1. The van der Waals surface area contributed by atoms with E-state index in [-0.39, 0.29) is 5.91 Å². The van der Waals surface area contributed by atoms with Gasteiger partial charge >= 0.3 is 0 Å². The molecule has 1 aliphatic heterocycles. The van der Waals surface area contributed by atoms with Crippen molar-refractivity contribution in [3.05, 3.63) is 40.4 Å². The zero-order valence-electron chi connectivity index (χ0n) is 12.6. The maximum atomic E-state index is 12.5. The summed E-state index contributed by atoms with van der Waals surface area (Å²) in [6, 6.07) is 6.28. The van der Waals surface area contributed by atoms with Gasteiger partial charge in [-0.2, -0.15) is 0 Å². The summed E-state index contributed by atoms with van der Waals surface area (Å²) in [5.41, 5.74) is 4.40. The summed E-state index contributed by atoms with van der Waals surface area (Å²) in [4.78, 5) is 20.9. The normalized spacial score (nSPS) is 15.7. The molecule has 1 saturated heterocycles. The molecule has 1 aromatic heterocycles. The number of nitrogens with zero attached hydrogens (tertiary/aromatic N) is 3. The fraction of sp³-hybridized carbons (Fsp3) is 0.375. The summed E-state index contributed by atoms with van der Waals surface area (Å²) >= 11 is 1.60. The van der Waals surface area contributed by atoms with Crippen LogP contribution >= 0.6 is 11.3 Å². The second-order valence-corrected chi connectivity index (χ2v) is 6.42. The topological polar surface area (TPSA) is 36.4 Å². The second-order valence-electron chi connectivity index (χ2n) is 5.58. The van der Waals surface area contributed by atoms with Crippen molar-refractivity contribution in [1.29, 1.82) is 0 Å². The molecule has 1 amide bonds. The number of anilines is 2. The first-order valence-corrected chi connectivity index (χ1v) is 7.96. The van der Waals surface area contributed by atoms with E-state index in [1.54, 1.807) is 11.3 Å². The van der Waals surface area contributed by atoms with Crippen LogP contribution in [0.5, 0.6) is 0 Å². The molecule has 4 nitrogen and oxygen atoms in total. The molecule has 1 fully saturated rings. The molecule has 0 unspecified atom stereocenters. The summed E-state index contributed by atoms with van der Waals surface area (Å²) < 4.78 is 0. The number of hydrogen-bond donors (Lipinski definition) is 0. The molecule has 2 aromatic rings. The van der Waals surface area contributed by atoms with Crippen molar-refractivity contribution in [2.75, 3.05) is 29.4 Å². The summed E-state index contributed by atoms with van der Waals surface area (Å²) in [5.74, 6) is 0.138. The third kappa shape index (κ3) is 2.93. The summed E-state index contributed by atoms with van der Waals surface area (Å²) in [6.45, 7) is 8.05. The minimum absolute atomic E-state index is 0.138. The third-order valence-electron chi connectivity index (χ3n) is 3.62. The standard InChI is InChI=1S/C16H19N3OS/c1-11-6-12(2)8-14(7-11)19-5-4-18(9-15(19)20)16-17-13(3)10-21-16/h6-8,10H,4-5,9H2,1-3H3. The number of piperazine rings is 1. The molecule has 1 aliphatic rings. The molecule has 5 heteroatoms. The Bertz CT molecular complexity index is 660. The molecule has 0 atom stereocenters. The Kier molecular flexibility index (Phi) is 3.68. The highest BCUT2D eigenvalue weighted by Gasteiger charge is 2.26. The van der Waals surface area contributed by atoms with Gasteiger partial charge in [-0.3, -0.25) is 4.79 Å². The van der Waals surface area contributed by atoms with Gasteiger partial charge in [0.15, 0.2) is 5.13 Å². The van der Waals surface area contributed by atoms with Crippen LogP contribution in [-0.4, -0.2) is 30.5 Å². The molecule has 3 rings (SSSR count). The molecule has 0 saturated carbocycles. The SMILES string of the molecule is Cc1cc(C)cc(N2CCN(c3nc(C)cs3)CC2=O)c1. The number of benzene rings is 1. The lowest BCUT2D eigenvalue weighted by Crippen LogP contribution is -2.50. The lowest BCUT2D eigenvalue weighted by molar-refractivity contribution is -0.117. The van der Waals surface area contributed by atoms with Crippen molar-refractivity contribution in [3.8, 4) is 0 Å². The van der Waals surface area contributed by atoms with Crippen LogP contribution in [0.2, 0.25) is 0 Å². The zero-order valence-corrected chi connectivity index (χ0v) is 13.4. The van der Waals surface area contributed by atoms with E-state index in [0.717, 1.165) is 23.1 Å². The molecule has 0 bridgehead atoms. The maximum Gasteiger partial charge on any atom is 0.246 e. The molecular weight excluding hydrogens is 282 g/mol. The molecular formula is C16H19N3OS. The van der Waals surface area contributed by atoms with Gasteiger partial charge in [0, 0.05) is 24.2 Å². The molecule has 0 radical (unpaired) electrons. The fourth-order valence-corrected chi connectivity index (χ4v) is 3.53. The quantitative estimate of drug-likeness (QED) is 0.856. The average Bonchev–Trinajstić information content (AvgIpc) is 2.84. The predicted octanol–water partition coefficient (Wildman–Crippen LogP) is 2.92. The molecule has 0 N–H and O–H groups in total. The first kappa shape index (κ1) is 14.1. The predicted molar refractivity (Wildman–Crippen MR) is 87.3 cm³/mol. The highest BCUT2D eigenvalue weighted by molar-refractivity contribution is 7.13. The number of aryl methyl sites for hydroxylation is 3. The molecule has 0 aliphatic carbocycles. The Labute approximate surface area is 129 Å². The van der Waals surface area contributed by atoms with Crippen molar-refractivity contribution in [3.63, 3.8) is 0 Å². The number of aromatic nitrogens is 1. The first-order chi connectivity index (χ1) is 10.0. The van der Waals surface area contributed by atoms with E-state index in [4.69, 9.17) is 0 Å². The molecule has 1 aromatic carbocycles. The van der Waals surface area contributed by atoms with Crippen LogP contribution in [0.3, 0.4) is 0 Å². The Hall–Kier alpha value is -1.88. The van der Waals surface area contributed by atoms with Crippen LogP contribution in [0, 0.1) is 20.8 Å². The number of amides is 1. The minimum atomic E-state index is 0.138. The van der Waals surface area contributed by atoms with Crippen molar-refractivity contribution in [2.24, 2.45) is 0 Å². The average molecular weight is 301 g/mol. The van der Waals surface area contributed by atoms with Crippen molar-refractivity contribution >= 4 is 28.1 Å². The van der Waals surface area contributed by atoms with Crippen molar-refractivity contribution in [2.45, 2.75) is 20.8 Å².